The monoisotopic (exact) mass is 493 g/mol. The van der Waals surface area contributed by atoms with Gasteiger partial charge in [0.15, 0.2) is 6.61 Å². The number of methoxy groups -OCH3 is 1. The molecular weight excluding hydrogens is 466 g/mol. The first kappa shape index (κ1) is 26.7. The second-order valence-corrected chi connectivity index (χ2v) is 7.70. The maximum Gasteiger partial charge on any atom is 0.348 e. The number of nitrogens with one attached hydrogen (secondary N) is 1. The number of carbonyl (C=O) groups excluding carboxylic acids is 4. The number of anilines is 1. The van der Waals surface area contributed by atoms with Gasteiger partial charge in [0.1, 0.15) is 21.4 Å². The van der Waals surface area contributed by atoms with Gasteiger partial charge in [-0.2, -0.15) is 0 Å². The zero-order chi connectivity index (χ0) is 25.1. The molecule has 0 saturated carbocycles. The van der Waals surface area contributed by atoms with Crippen LogP contribution in [0, 0.1) is 6.92 Å². The van der Waals surface area contributed by atoms with Gasteiger partial charge in [0.25, 0.3) is 5.91 Å². The summed E-state index contributed by atoms with van der Waals surface area (Å²) in [4.78, 5) is 49.0. The van der Waals surface area contributed by atoms with Crippen LogP contribution in [0.25, 0.3) is 0 Å². The molecule has 2 aromatic rings. The summed E-state index contributed by atoms with van der Waals surface area (Å²) in [5.74, 6) is -1.37. The van der Waals surface area contributed by atoms with Crippen LogP contribution in [0.3, 0.4) is 0 Å². The molecule has 34 heavy (non-hydrogen) atoms. The lowest BCUT2D eigenvalue weighted by molar-refractivity contribution is -0.147. The van der Waals surface area contributed by atoms with E-state index in [2.05, 4.69) is 5.32 Å². The number of thiophene rings is 1. The summed E-state index contributed by atoms with van der Waals surface area (Å²) in [7, 11) is 1.55. The molecule has 0 radical (unpaired) electrons. The van der Waals surface area contributed by atoms with Crippen LogP contribution in [0.2, 0.25) is 0 Å². The maximum absolute atomic E-state index is 12.4. The highest BCUT2D eigenvalue weighted by Crippen LogP contribution is 2.34. The summed E-state index contributed by atoms with van der Waals surface area (Å²) in [6.07, 6.45) is -0.0709. The van der Waals surface area contributed by atoms with Crippen molar-refractivity contribution in [3.63, 3.8) is 0 Å². The van der Waals surface area contributed by atoms with Crippen molar-refractivity contribution in [1.82, 2.24) is 0 Å². The van der Waals surface area contributed by atoms with Gasteiger partial charge in [-0.05, 0) is 50.6 Å². The van der Waals surface area contributed by atoms with Crippen LogP contribution < -0.4 is 14.8 Å². The lowest BCUT2D eigenvalue weighted by atomic mass is 10.1. The maximum atomic E-state index is 12.4. The minimum Gasteiger partial charge on any atom is -0.497 e. The molecule has 0 aliphatic heterocycles. The first-order chi connectivity index (χ1) is 16.3. The lowest BCUT2D eigenvalue weighted by Gasteiger charge is -2.09. The van der Waals surface area contributed by atoms with E-state index in [4.69, 9.17) is 23.7 Å². The Balaban J connectivity index is 1.92. The Labute approximate surface area is 201 Å². The van der Waals surface area contributed by atoms with Gasteiger partial charge in [0.2, 0.25) is 0 Å². The van der Waals surface area contributed by atoms with E-state index in [0.717, 1.165) is 11.3 Å². The van der Waals surface area contributed by atoms with Crippen molar-refractivity contribution in [3.8, 4) is 11.5 Å². The zero-order valence-electron chi connectivity index (χ0n) is 19.4. The third-order valence-corrected chi connectivity index (χ3v) is 5.53. The van der Waals surface area contributed by atoms with E-state index in [1.807, 2.05) is 0 Å². The van der Waals surface area contributed by atoms with Crippen LogP contribution in [-0.2, 0) is 23.8 Å². The van der Waals surface area contributed by atoms with Gasteiger partial charge in [-0.1, -0.05) is 0 Å². The highest BCUT2D eigenvalue weighted by molar-refractivity contribution is 7.18. The van der Waals surface area contributed by atoms with Crippen molar-refractivity contribution in [2.75, 3.05) is 38.9 Å². The molecule has 0 aliphatic carbocycles. The van der Waals surface area contributed by atoms with E-state index >= 15 is 0 Å². The number of esters is 3. The normalized spacial score (nSPS) is 10.2. The summed E-state index contributed by atoms with van der Waals surface area (Å²) < 4.78 is 25.5. The van der Waals surface area contributed by atoms with Crippen molar-refractivity contribution < 1.29 is 42.9 Å². The Morgan fingerprint density at radius 1 is 0.912 bits per heavy atom. The Hall–Kier alpha value is -3.60. The van der Waals surface area contributed by atoms with Crippen LogP contribution in [0.15, 0.2) is 24.3 Å². The molecule has 1 aromatic heterocycles. The van der Waals surface area contributed by atoms with Gasteiger partial charge in [0.05, 0.1) is 38.9 Å². The molecule has 2 rings (SSSR count). The molecule has 0 atom stereocenters. The minimum absolute atomic E-state index is 0.0578. The molecule has 0 aliphatic rings. The van der Waals surface area contributed by atoms with Crippen LogP contribution in [-0.4, -0.2) is 57.4 Å². The Bertz CT molecular complexity index is 1010. The Kier molecular flexibility index (Phi) is 10.3. The highest BCUT2D eigenvalue weighted by atomic mass is 32.1. The second-order valence-electron chi connectivity index (χ2n) is 6.68. The van der Waals surface area contributed by atoms with Crippen LogP contribution in [0.4, 0.5) is 5.00 Å². The second kappa shape index (κ2) is 13.2. The molecule has 0 fully saturated rings. The van der Waals surface area contributed by atoms with Crippen LogP contribution in [0.5, 0.6) is 11.5 Å². The van der Waals surface area contributed by atoms with E-state index < -0.39 is 30.4 Å². The fraction of sp³-hybridized carbons (Fsp3) is 0.391. The van der Waals surface area contributed by atoms with E-state index in [9.17, 15) is 19.2 Å². The SMILES string of the molecule is CCOC(=O)c1sc(NC(=O)COC(=O)CCOc2ccc(OC)cc2)c(C(=O)OCC)c1C. The van der Waals surface area contributed by atoms with Gasteiger partial charge in [-0.25, -0.2) is 9.59 Å². The van der Waals surface area contributed by atoms with Crippen molar-refractivity contribution in [2.24, 2.45) is 0 Å². The standard InChI is InChI=1S/C23H27NO9S/c1-5-30-22(27)19-14(3)20(23(28)31-6-2)34-21(19)24-17(25)13-33-18(26)11-12-32-16-9-7-15(29-4)8-10-16/h7-10H,5-6,11-13H2,1-4H3,(H,24,25). The van der Waals surface area contributed by atoms with Crippen LogP contribution in [0.1, 0.15) is 45.9 Å². The molecule has 0 unspecified atom stereocenters. The number of hydrogen-bond donors (Lipinski definition) is 1. The molecule has 184 valence electrons. The fourth-order valence-electron chi connectivity index (χ4n) is 2.75. The van der Waals surface area contributed by atoms with Crippen molar-refractivity contribution in [1.29, 1.82) is 0 Å². The fourth-order valence-corrected chi connectivity index (χ4v) is 3.85. The van der Waals surface area contributed by atoms with Crippen molar-refractivity contribution >= 4 is 40.2 Å². The molecule has 1 heterocycles. The van der Waals surface area contributed by atoms with E-state index in [1.54, 1.807) is 52.1 Å². The van der Waals surface area contributed by atoms with Crippen molar-refractivity contribution in [3.05, 3.63) is 40.3 Å². The number of ether oxygens (including phenoxy) is 5. The van der Waals surface area contributed by atoms with Gasteiger partial charge in [-0.15, -0.1) is 11.3 Å². The summed E-state index contributed by atoms with van der Waals surface area (Å²) in [6, 6.07) is 6.85. The summed E-state index contributed by atoms with van der Waals surface area (Å²) >= 11 is 0.888. The van der Waals surface area contributed by atoms with Gasteiger partial charge >= 0.3 is 17.9 Å². The molecule has 0 saturated heterocycles. The molecular formula is C23H27NO9S. The van der Waals surface area contributed by atoms with E-state index in [0.29, 0.717) is 17.1 Å². The average molecular weight is 494 g/mol. The minimum atomic E-state index is -0.685. The molecule has 11 heteroatoms. The quantitative estimate of drug-likeness (QED) is 0.350. The van der Waals surface area contributed by atoms with Crippen LogP contribution >= 0.6 is 11.3 Å². The van der Waals surface area contributed by atoms with Gasteiger partial charge in [0, 0.05) is 0 Å². The summed E-state index contributed by atoms with van der Waals surface area (Å²) in [5.41, 5.74) is 0.396. The predicted molar refractivity (Wildman–Crippen MR) is 124 cm³/mol. The highest BCUT2D eigenvalue weighted by Gasteiger charge is 2.27. The average Bonchev–Trinajstić information content (AvgIpc) is 3.14. The predicted octanol–water partition coefficient (Wildman–Crippen LogP) is 3.37. The molecule has 1 N–H and O–H groups in total. The number of benzene rings is 1. The lowest BCUT2D eigenvalue weighted by Crippen LogP contribution is -2.22. The molecule has 1 amide bonds. The third-order valence-electron chi connectivity index (χ3n) is 4.34. The van der Waals surface area contributed by atoms with E-state index in [1.165, 1.54) is 0 Å². The first-order valence-corrected chi connectivity index (χ1v) is 11.3. The summed E-state index contributed by atoms with van der Waals surface area (Å²) in [5, 5.41) is 2.62. The number of hydrogen-bond acceptors (Lipinski definition) is 10. The Morgan fingerprint density at radius 3 is 2.15 bits per heavy atom. The molecule has 1 aromatic carbocycles. The van der Waals surface area contributed by atoms with E-state index in [-0.39, 0.29) is 41.7 Å². The Morgan fingerprint density at radius 2 is 1.53 bits per heavy atom. The van der Waals surface area contributed by atoms with Gasteiger partial charge in [-0.3, -0.25) is 9.59 Å². The molecule has 0 bridgehead atoms. The smallest absolute Gasteiger partial charge is 0.348 e. The van der Waals surface area contributed by atoms with Crippen molar-refractivity contribution in [2.45, 2.75) is 27.2 Å². The third kappa shape index (κ3) is 7.48. The number of carbonyl (C=O) groups is 4. The largest absolute Gasteiger partial charge is 0.497 e. The summed E-state index contributed by atoms with van der Waals surface area (Å²) in [6.45, 7) is 4.63. The number of amides is 1. The topological polar surface area (TPSA) is 126 Å². The molecule has 0 spiro atoms. The number of rotatable bonds is 12. The molecule has 10 nitrogen and oxygen atoms in total. The first-order valence-electron chi connectivity index (χ1n) is 10.5. The zero-order valence-corrected chi connectivity index (χ0v) is 20.2. The van der Waals surface area contributed by atoms with Gasteiger partial charge < -0.3 is 29.0 Å².